The molecular weight excluding hydrogens is 230 g/mol. The zero-order chi connectivity index (χ0) is 13.4. The zero-order valence-electron chi connectivity index (χ0n) is 11.4. The molecule has 0 aromatic rings. The van der Waals surface area contributed by atoms with Gasteiger partial charge in [-0.15, -0.1) is 0 Å². The van der Waals surface area contributed by atoms with Crippen molar-refractivity contribution >= 4 is 11.9 Å². The molecule has 1 aliphatic carbocycles. The van der Waals surface area contributed by atoms with Gasteiger partial charge in [-0.25, -0.2) is 0 Å². The predicted molar refractivity (Wildman–Crippen MR) is 70.0 cm³/mol. The predicted octanol–water partition coefficient (Wildman–Crippen LogP) is 2.14. The summed E-state index contributed by atoms with van der Waals surface area (Å²) in [4.78, 5) is 25.2. The minimum absolute atomic E-state index is 0.0569. The third-order valence-corrected chi connectivity index (χ3v) is 3.02. The first kappa shape index (κ1) is 14.7. The number of amides is 1. The Kier molecular flexibility index (Phi) is 6.47. The van der Waals surface area contributed by atoms with Crippen LogP contribution >= 0.6 is 0 Å². The van der Waals surface area contributed by atoms with E-state index in [1.54, 1.807) is 11.8 Å². The third kappa shape index (κ3) is 4.90. The highest BCUT2D eigenvalue weighted by atomic mass is 16.5. The maximum atomic E-state index is 12.1. The van der Waals surface area contributed by atoms with Crippen LogP contribution in [0.2, 0.25) is 0 Å². The van der Waals surface area contributed by atoms with Crippen molar-refractivity contribution < 1.29 is 14.3 Å². The molecule has 4 heteroatoms. The Hall–Kier alpha value is -1.32. The van der Waals surface area contributed by atoms with Crippen molar-refractivity contribution in [3.05, 3.63) is 12.2 Å². The highest BCUT2D eigenvalue weighted by Crippen LogP contribution is 2.21. The van der Waals surface area contributed by atoms with Gasteiger partial charge in [0.25, 0.3) is 0 Å². The first-order valence-corrected chi connectivity index (χ1v) is 6.77. The van der Waals surface area contributed by atoms with E-state index in [0.29, 0.717) is 25.5 Å². The fraction of sp³-hybridized carbons (Fsp3) is 0.714. The normalized spacial score (nSPS) is 17.8. The first-order valence-electron chi connectivity index (χ1n) is 6.77. The van der Waals surface area contributed by atoms with Crippen LogP contribution in [0.15, 0.2) is 12.2 Å². The smallest absolute Gasteiger partial charge is 0.325 e. The average Bonchev–Trinajstić information content (AvgIpc) is 2.81. The van der Waals surface area contributed by atoms with Gasteiger partial charge in [0, 0.05) is 13.0 Å². The van der Waals surface area contributed by atoms with Gasteiger partial charge in [0.2, 0.25) is 5.91 Å². The fourth-order valence-electron chi connectivity index (χ4n) is 2.14. The van der Waals surface area contributed by atoms with E-state index in [0.717, 1.165) is 19.3 Å². The van der Waals surface area contributed by atoms with Crippen molar-refractivity contribution in [2.75, 3.05) is 19.7 Å². The van der Waals surface area contributed by atoms with Crippen molar-refractivity contribution in [3.8, 4) is 0 Å². The van der Waals surface area contributed by atoms with Gasteiger partial charge in [-0.05, 0) is 32.1 Å². The molecule has 0 bridgehead atoms. The van der Waals surface area contributed by atoms with Crippen molar-refractivity contribution in [3.63, 3.8) is 0 Å². The lowest BCUT2D eigenvalue weighted by atomic mass is 10.0. The summed E-state index contributed by atoms with van der Waals surface area (Å²) in [5, 5.41) is 0. The quantitative estimate of drug-likeness (QED) is 0.516. The van der Waals surface area contributed by atoms with E-state index in [-0.39, 0.29) is 18.4 Å². The first-order chi connectivity index (χ1) is 8.67. The number of hydrogen-bond donors (Lipinski definition) is 0. The number of hydrogen-bond acceptors (Lipinski definition) is 3. The van der Waals surface area contributed by atoms with Crippen LogP contribution in [-0.4, -0.2) is 36.5 Å². The topological polar surface area (TPSA) is 46.6 Å². The number of allylic oxidation sites excluding steroid dienone is 2. The van der Waals surface area contributed by atoms with Crippen LogP contribution in [0.3, 0.4) is 0 Å². The molecule has 0 aliphatic heterocycles. The fourth-order valence-corrected chi connectivity index (χ4v) is 2.14. The van der Waals surface area contributed by atoms with Crippen molar-refractivity contribution in [2.45, 2.75) is 39.5 Å². The van der Waals surface area contributed by atoms with Gasteiger partial charge < -0.3 is 9.64 Å². The average molecular weight is 253 g/mol. The standard InChI is InChI=1S/C14H23NO3/c1-3-9-15(11-14(17)18-4-2)13(16)10-12-7-5-6-8-12/h5,7,12H,3-4,6,8-11H2,1-2H3. The van der Waals surface area contributed by atoms with E-state index in [2.05, 4.69) is 12.2 Å². The molecule has 1 atom stereocenters. The molecule has 0 radical (unpaired) electrons. The van der Waals surface area contributed by atoms with Crippen molar-refractivity contribution in [1.82, 2.24) is 4.90 Å². The molecule has 102 valence electrons. The second-order valence-electron chi connectivity index (χ2n) is 4.59. The molecule has 0 fully saturated rings. The number of rotatable bonds is 7. The van der Waals surface area contributed by atoms with E-state index in [1.165, 1.54) is 0 Å². The zero-order valence-corrected chi connectivity index (χ0v) is 11.4. The Labute approximate surface area is 109 Å². The summed E-state index contributed by atoms with van der Waals surface area (Å²) in [5.41, 5.74) is 0. The highest BCUT2D eigenvalue weighted by molar-refractivity contribution is 5.82. The van der Waals surface area contributed by atoms with Crippen LogP contribution in [0.5, 0.6) is 0 Å². The van der Waals surface area contributed by atoms with E-state index < -0.39 is 0 Å². The summed E-state index contributed by atoms with van der Waals surface area (Å²) in [7, 11) is 0. The largest absolute Gasteiger partial charge is 0.465 e. The Morgan fingerprint density at radius 3 is 2.72 bits per heavy atom. The summed E-state index contributed by atoms with van der Waals surface area (Å²) < 4.78 is 4.89. The summed E-state index contributed by atoms with van der Waals surface area (Å²) >= 11 is 0. The number of esters is 1. The summed E-state index contributed by atoms with van der Waals surface area (Å²) in [6.45, 7) is 4.83. The molecule has 1 amide bonds. The van der Waals surface area contributed by atoms with E-state index in [4.69, 9.17) is 4.74 Å². The molecule has 4 nitrogen and oxygen atoms in total. The minimum atomic E-state index is -0.318. The van der Waals surface area contributed by atoms with Gasteiger partial charge in [0.15, 0.2) is 0 Å². The molecule has 0 saturated carbocycles. The SMILES string of the molecule is CCCN(CC(=O)OCC)C(=O)CC1C=CCC1. The Morgan fingerprint density at radius 1 is 1.39 bits per heavy atom. The maximum Gasteiger partial charge on any atom is 0.325 e. The summed E-state index contributed by atoms with van der Waals surface area (Å²) in [5.74, 6) is 0.0850. The van der Waals surface area contributed by atoms with Gasteiger partial charge in [-0.3, -0.25) is 9.59 Å². The molecule has 1 rings (SSSR count). The van der Waals surface area contributed by atoms with E-state index in [1.807, 2.05) is 6.92 Å². The number of nitrogens with zero attached hydrogens (tertiary/aromatic N) is 1. The number of carbonyl (C=O) groups is 2. The maximum absolute atomic E-state index is 12.1. The molecule has 0 N–H and O–H groups in total. The van der Waals surface area contributed by atoms with Gasteiger partial charge >= 0.3 is 5.97 Å². The molecule has 18 heavy (non-hydrogen) atoms. The van der Waals surface area contributed by atoms with Crippen LogP contribution < -0.4 is 0 Å². The summed E-state index contributed by atoms with van der Waals surface area (Å²) in [6, 6.07) is 0. The van der Waals surface area contributed by atoms with Crippen LogP contribution in [0.25, 0.3) is 0 Å². The third-order valence-electron chi connectivity index (χ3n) is 3.02. The molecule has 0 heterocycles. The van der Waals surface area contributed by atoms with Crippen LogP contribution in [-0.2, 0) is 14.3 Å². The van der Waals surface area contributed by atoms with E-state index >= 15 is 0 Å². The number of carbonyl (C=O) groups excluding carboxylic acids is 2. The van der Waals surface area contributed by atoms with E-state index in [9.17, 15) is 9.59 Å². The van der Waals surface area contributed by atoms with Gasteiger partial charge in [-0.1, -0.05) is 19.1 Å². The van der Waals surface area contributed by atoms with Crippen molar-refractivity contribution in [1.29, 1.82) is 0 Å². The second-order valence-corrected chi connectivity index (χ2v) is 4.59. The molecule has 1 unspecified atom stereocenters. The van der Waals surface area contributed by atoms with Crippen molar-refractivity contribution in [2.24, 2.45) is 5.92 Å². The highest BCUT2D eigenvalue weighted by Gasteiger charge is 2.21. The molecule has 1 aliphatic rings. The number of ether oxygens (including phenoxy) is 1. The van der Waals surface area contributed by atoms with Crippen LogP contribution in [0.1, 0.15) is 39.5 Å². The lowest BCUT2D eigenvalue weighted by molar-refractivity contribution is -0.149. The van der Waals surface area contributed by atoms with Gasteiger partial charge in [0.1, 0.15) is 6.54 Å². The lowest BCUT2D eigenvalue weighted by Gasteiger charge is -2.22. The molecule has 0 aromatic carbocycles. The van der Waals surface area contributed by atoms with Crippen LogP contribution in [0.4, 0.5) is 0 Å². The Balaban J connectivity index is 2.45. The molecular formula is C14H23NO3. The summed E-state index contributed by atoms with van der Waals surface area (Å²) in [6.07, 6.45) is 7.69. The van der Waals surface area contributed by atoms with Gasteiger partial charge in [-0.2, -0.15) is 0 Å². The van der Waals surface area contributed by atoms with Crippen LogP contribution in [0, 0.1) is 5.92 Å². The minimum Gasteiger partial charge on any atom is -0.465 e. The monoisotopic (exact) mass is 253 g/mol. The lowest BCUT2D eigenvalue weighted by Crippen LogP contribution is -2.37. The molecule has 0 aromatic heterocycles. The second kappa shape index (κ2) is 7.90. The van der Waals surface area contributed by atoms with Gasteiger partial charge in [0.05, 0.1) is 6.61 Å². The molecule has 0 saturated heterocycles. The Bertz CT molecular complexity index is 312. The Morgan fingerprint density at radius 2 is 2.17 bits per heavy atom. The molecule has 0 spiro atoms.